The monoisotopic (exact) mass is 152 g/mol. The molecule has 3 rings (SSSR count). The third-order valence-corrected chi connectivity index (χ3v) is 4.27. The third-order valence-electron chi connectivity index (χ3n) is 4.27. The van der Waals surface area contributed by atoms with Gasteiger partial charge in [0.15, 0.2) is 0 Å². The Balaban J connectivity index is 1.88. The summed E-state index contributed by atoms with van der Waals surface area (Å²) < 4.78 is 5.83. The fourth-order valence-electron chi connectivity index (χ4n) is 3.42. The first-order valence-corrected chi connectivity index (χ1v) is 4.94. The summed E-state index contributed by atoms with van der Waals surface area (Å²) in [5, 5.41) is 0. The van der Waals surface area contributed by atoms with Gasteiger partial charge in [0.25, 0.3) is 0 Å². The molecule has 3 aliphatic rings. The van der Waals surface area contributed by atoms with Crippen LogP contribution in [0.5, 0.6) is 0 Å². The van der Waals surface area contributed by atoms with E-state index in [4.69, 9.17) is 4.74 Å². The molecular formula is C10H16O. The maximum absolute atomic E-state index is 5.83. The lowest BCUT2D eigenvalue weighted by molar-refractivity contribution is 0.0501. The highest BCUT2D eigenvalue weighted by molar-refractivity contribution is 5.12. The second-order valence-electron chi connectivity index (χ2n) is 4.72. The van der Waals surface area contributed by atoms with E-state index in [2.05, 4.69) is 6.92 Å². The number of fused-ring (bicyclic) bond motifs is 2. The smallest absolute Gasteiger partial charge is 0.0662 e. The minimum atomic E-state index is 0.678. The van der Waals surface area contributed by atoms with Gasteiger partial charge in [-0.2, -0.15) is 0 Å². The third kappa shape index (κ3) is 0.658. The van der Waals surface area contributed by atoms with Crippen molar-refractivity contribution in [3.63, 3.8) is 0 Å². The molecule has 1 aliphatic heterocycles. The lowest BCUT2D eigenvalue weighted by atomic mass is 9.96. The molecule has 1 saturated heterocycles. The molecule has 1 spiro atoms. The van der Waals surface area contributed by atoms with E-state index in [0.717, 1.165) is 18.4 Å². The predicted molar refractivity (Wildman–Crippen MR) is 43.3 cm³/mol. The maximum Gasteiger partial charge on any atom is 0.0662 e. The molecule has 0 aromatic heterocycles. The van der Waals surface area contributed by atoms with Crippen molar-refractivity contribution in [2.45, 2.75) is 38.7 Å². The van der Waals surface area contributed by atoms with E-state index in [1.54, 1.807) is 0 Å². The van der Waals surface area contributed by atoms with E-state index < -0.39 is 0 Å². The number of hydrogen-bond acceptors (Lipinski definition) is 1. The summed E-state index contributed by atoms with van der Waals surface area (Å²) in [6, 6.07) is 0. The highest BCUT2D eigenvalue weighted by Gasteiger charge is 2.63. The maximum atomic E-state index is 5.83. The summed E-state index contributed by atoms with van der Waals surface area (Å²) in [4.78, 5) is 0. The molecule has 62 valence electrons. The normalized spacial score (nSPS) is 60.3. The van der Waals surface area contributed by atoms with Crippen molar-refractivity contribution in [3.8, 4) is 0 Å². The first kappa shape index (κ1) is 6.47. The van der Waals surface area contributed by atoms with Gasteiger partial charge in [0.2, 0.25) is 0 Å². The highest BCUT2D eigenvalue weighted by atomic mass is 16.5. The zero-order valence-electron chi connectivity index (χ0n) is 7.18. The molecule has 4 atom stereocenters. The molecule has 11 heavy (non-hydrogen) atoms. The Morgan fingerprint density at radius 1 is 1.36 bits per heavy atom. The summed E-state index contributed by atoms with van der Waals surface area (Å²) >= 11 is 0. The fourth-order valence-corrected chi connectivity index (χ4v) is 3.42. The minimum Gasteiger partial charge on any atom is -0.377 e. The molecule has 1 heteroatoms. The average Bonchev–Trinajstić information content (AvgIpc) is 2.46. The van der Waals surface area contributed by atoms with Crippen molar-refractivity contribution in [1.29, 1.82) is 0 Å². The largest absolute Gasteiger partial charge is 0.377 e. The topological polar surface area (TPSA) is 9.23 Å². The lowest BCUT2D eigenvalue weighted by Crippen LogP contribution is -2.20. The molecule has 2 saturated carbocycles. The fraction of sp³-hybridized carbons (Fsp3) is 1.00. The number of rotatable bonds is 0. The van der Waals surface area contributed by atoms with Crippen LogP contribution in [0, 0.1) is 17.3 Å². The Morgan fingerprint density at radius 3 is 2.91 bits per heavy atom. The first-order chi connectivity index (χ1) is 5.33. The average molecular weight is 152 g/mol. The van der Waals surface area contributed by atoms with E-state index in [0.29, 0.717) is 11.5 Å². The van der Waals surface area contributed by atoms with Gasteiger partial charge in [-0.15, -0.1) is 0 Å². The van der Waals surface area contributed by atoms with Crippen molar-refractivity contribution in [3.05, 3.63) is 0 Å². The van der Waals surface area contributed by atoms with E-state index in [1.165, 1.54) is 25.7 Å². The van der Waals surface area contributed by atoms with Crippen LogP contribution >= 0.6 is 0 Å². The quantitative estimate of drug-likeness (QED) is 0.517. The first-order valence-electron chi connectivity index (χ1n) is 4.94. The Kier molecular flexibility index (Phi) is 1.07. The molecule has 1 nitrogen and oxygen atoms in total. The van der Waals surface area contributed by atoms with Crippen LogP contribution in [-0.4, -0.2) is 12.7 Å². The molecule has 1 heterocycles. The van der Waals surface area contributed by atoms with E-state index in [9.17, 15) is 0 Å². The lowest BCUT2D eigenvalue weighted by Gasteiger charge is -2.17. The van der Waals surface area contributed by atoms with Crippen molar-refractivity contribution in [2.75, 3.05) is 6.61 Å². The Bertz CT molecular complexity index is 189. The van der Waals surface area contributed by atoms with Gasteiger partial charge in [-0.25, -0.2) is 0 Å². The van der Waals surface area contributed by atoms with Gasteiger partial charge >= 0.3 is 0 Å². The summed E-state index contributed by atoms with van der Waals surface area (Å²) in [6.45, 7) is 3.44. The van der Waals surface area contributed by atoms with Crippen LogP contribution in [0.3, 0.4) is 0 Å². The summed E-state index contributed by atoms with van der Waals surface area (Å²) in [5.41, 5.74) is 0.682. The second kappa shape index (κ2) is 1.82. The van der Waals surface area contributed by atoms with Gasteiger partial charge in [-0.1, -0.05) is 6.92 Å². The van der Waals surface area contributed by atoms with Gasteiger partial charge < -0.3 is 4.74 Å². The summed E-state index contributed by atoms with van der Waals surface area (Å²) in [6.07, 6.45) is 6.39. The van der Waals surface area contributed by atoms with Crippen molar-refractivity contribution < 1.29 is 4.74 Å². The van der Waals surface area contributed by atoms with Crippen LogP contribution < -0.4 is 0 Å². The SMILES string of the molecule is CC1CC12CCC1CCOC12. The zero-order valence-corrected chi connectivity index (χ0v) is 7.18. The Labute approximate surface area is 68.1 Å². The van der Waals surface area contributed by atoms with Gasteiger partial charge in [0, 0.05) is 6.61 Å². The molecule has 2 aliphatic carbocycles. The highest BCUT2D eigenvalue weighted by Crippen LogP contribution is 2.66. The van der Waals surface area contributed by atoms with E-state index in [1.807, 2.05) is 0 Å². The standard InChI is InChI=1S/C10H16O/c1-7-6-10(7)4-2-8-3-5-11-9(8)10/h7-9H,2-6H2,1H3. The molecule has 3 fully saturated rings. The molecule has 4 unspecified atom stereocenters. The molecule has 0 aromatic rings. The molecule has 0 amide bonds. The van der Waals surface area contributed by atoms with Crippen LogP contribution in [0.1, 0.15) is 32.6 Å². The van der Waals surface area contributed by atoms with Gasteiger partial charge in [-0.05, 0) is 42.9 Å². The number of ether oxygens (including phenoxy) is 1. The van der Waals surface area contributed by atoms with Crippen molar-refractivity contribution in [1.82, 2.24) is 0 Å². The van der Waals surface area contributed by atoms with Crippen LogP contribution in [0.2, 0.25) is 0 Å². The van der Waals surface area contributed by atoms with Crippen LogP contribution in [0.15, 0.2) is 0 Å². The minimum absolute atomic E-state index is 0.678. The zero-order chi connectivity index (χ0) is 7.47. The Hall–Kier alpha value is -0.0400. The Morgan fingerprint density at radius 2 is 2.18 bits per heavy atom. The van der Waals surface area contributed by atoms with E-state index >= 15 is 0 Å². The van der Waals surface area contributed by atoms with Crippen LogP contribution in [0.25, 0.3) is 0 Å². The molecular weight excluding hydrogens is 136 g/mol. The van der Waals surface area contributed by atoms with Gasteiger partial charge in [0.1, 0.15) is 0 Å². The number of hydrogen-bond donors (Lipinski definition) is 0. The molecule has 0 bridgehead atoms. The molecule has 0 aromatic carbocycles. The molecule has 0 N–H and O–H groups in total. The second-order valence-corrected chi connectivity index (χ2v) is 4.72. The van der Waals surface area contributed by atoms with Crippen molar-refractivity contribution >= 4 is 0 Å². The van der Waals surface area contributed by atoms with Crippen LogP contribution in [-0.2, 0) is 4.74 Å². The predicted octanol–water partition coefficient (Wildman–Crippen LogP) is 2.21. The van der Waals surface area contributed by atoms with Crippen LogP contribution in [0.4, 0.5) is 0 Å². The summed E-state index contributed by atoms with van der Waals surface area (Å²) in [7, 11) is 0. The molecule has 0 radical (unpaired) electrons. The van der Waals surface area contributed by atoms with Gasteiger partial charge in [-0.3, -0.25) is 0 Å². The summed E-state index contributed by atoms with van der Waals surface area (Å²) in [5.74, 6) is 1.91. The van der Waals surface area contributed by atoms with Gasteiger partial charge in [0.05, 0.1) is 6.10 Å². The van der Waals surface area contributed by atoms with Crippen molar-refractivity contribution in [2.24, 2.45) is 17.3 Å². The van der Waals surface area contributed by atoms with E-state index in [-0.39, 0.29) is 0 Å².